The zero-order valence-corrected chi connectivity index (χ0v) is 9.51. The summed E-state index contributed by atoms with van der Waals surface area (Å²) in [6.07, 6.45) is 0. The summed E-state index contributed by atoms with van der Waals surface area (Å²) in [5.41, 5.74) is 0. The van der Waals surface area contributed by atoms with E-state index >= 15 is 0 Å². The topological polar surface area (TPSA) is 0 Å². The van der Waals surface area contributed by atoms with Crippen LogP contribution in [0.3, 0.4) is 0 Å². The third-order valence-electron chi connectivity index (χ3n) is 0.787. The molecule has 0 aliphatic heterocycles. The van der Waals surface area contributed by atoms with Gasteiger partial charge < -0.3 is 0 Å². The predicted octanol–water partition coefficient (Wildman–Crippen LogP) is 0.659. The maximum atomic E-state index is 2.96. The van der Waals surface area contributed by atoms with Gasteiger partial charge in [-0.15, -0.1) is 0 Å². The molecule has 1 aromatic carbocycles. The van der Waals surface area contributed by atoms with E-state index in [-0.39, 0.29) is 0 Å². The van der Waals surface area contributed by atoms with Crippen LogP contribution in [0, 0.1) is 6.07 Å². The molecule has 0 N–H and O–H groups in total. The summed E-state index contributed by atoms with van der Waals surface area (Å²) in [6.45, 7) is 0. The van der Waals surface area contributed by atoms with E-state index < -0.39 is 0 Å². The monoisotopic (exact) mass is 278 g/mol. The van der Waals surface area contributed by atoms with Crippen molar-refractivity contribution in [2.45, 2.75) is 0 Å². The van der Waals surface area contributed by atoms with Crippen molar-refractivity contribution < 1.29 is 26.1 Å². The van der Waals surface area contributed by atoms with Crippen LogP contribution in [0.2, 0.25) is 0 Å². The molecule has 0 aromatic heterocycles. The van der Waals surface area contributed by atoms with Crippen LogP contribution in [0.15, 0.2) is 24.3 Å². The summed E-state index contributed by atoms with van der Waals surface area (Å²) >= 11 is 0.790. The van der Waals surface area contributed by atoms with Crippen molar-refractivity contribution in [3.8, 4) is 0 Å². The first-order valence-electron chi connectivity index (χ1n) is 2.17. The second kappa shape index (κ2) is 2.46. The molecule has 0 atom stereocenters. The van der Waals surface area contributed by atoms with Crippen LogP contribution >= 0.6 is 0 Å². The maximum absolute atomic E-state index is 2.96. The van der Waals surface area contributed by atoms with Crippen LogP contribution in [0.25, 0.3) is 0 Å². The first-order chi connectivity index (χ1) is 3.39. The molecule has 0 saturated heterocycles. The predicted molar refractivity (Wildman–Crippen MR) is 24.9 cm³/mol. The molecule has 0 nitrogen and oxygen atoms in total. The first-order valence-corrected chi connectivity index (χ1v) is 4.92. The Kier molecular flexibility index (Phi) is 1.86. The van der Waals surface area contributed by atoms with Crippen LogP contribution in [-0.2, 0) is 26.1 Å². The van der Waals surface area contributed by atoms with Gasteiger partial charge in [0.15, 0.2) is 0 Å². The quantitative estimate of drug-likeness (QED) is 0.611. The van der Waals surface area contributed by atoms with Gasteiger partial charge in [0.05, 0.1) is 0 Å². The molecule has 0 spiro atoms. The van der Waals surface area contributed by atoms with Crippen LogP contribution in [0.5, 0.6) is 0 Å². The summed E-state index contributed by atoms with van der Waals surface area (Å²) in [4.78, 5) is 0. The molecular formula is C6H4Hg. The molecule has 1 rings (SSSR count). The summed E-state index contributed by atoms with van der Waals surface area (Å²) in [6, 6.07) is 11.1. The Balaban J connectivity index is 3.02. The van der Waals surface area contributed by atoms with Gasteiger partial charge in [0.25, 0.3) is 0 Å². The molecule has 0 fully saturated rings. The molecule has 0 unspecified atom stereocenters. The Bertz CT molecular complexity index is 134. The van der Waals surface area contributed by atoms with Crippen LogP contribution in [0.1, 0.15) is 0 Å². The zero-order chi connectivity index (χ0) is 5.11. The summed E-state index contributed by atoms with van der Waals surface area (Å²) in [5, 5.41) is 0. The molecule has 7 heavy (non-hydrogen) atoms. The molecule has 1 radical (unpaired) electrons. The van der Waals surface area contributed by atoms with Gasteiger partial charge in [0.1, 0.15) is 0 Å². The van der Waals surface area contributed by atoms with Gasteiger partial charge in [-0.25, -0.2) is 0 Å². The van der Waals surface area contributed by atoms with E-state index in [1.165, 1.54) is 3.07 Å². The van der Waals surface area contributed by atoms with Crippen molar-refractivity contribution in [3.05, 3.63) is 30.3 Å². The van der Waals surface area contributed by atoms with E-state index in [1.54, 1.807) is 0 Å². The van der Waals surface area contributed by atoms with Gasteiger partial charge in [0, 0.05) is 0 Å². The third-order valence-corrected chi connectivity index (χ3v) is 2.62. The molecule has 0 amide bonds. The Morgan fingerprint density at radius 1 is 1.29 bits per heavy atom. The van der Waals surface area contributed by atoms with Crippen molar-refractivity contribution in [2.24, 2.45) is 0 Å². The second-order valence-electron chi connectivity index (χ2n) is 1.41. The molecule has 1 heteroatoms. The van der Waals surface area contributed by atoms with Gasteiger partial charge in [-0.2, -0.15) is 0 Å². The van der Waals surface area contributed by atoms with Crippen molar-refractivity contribution in [2.75, 3.05) is 0 Å². The third kappa shape index (κ3) is 1.60. The number of hydrogen-bond donors (Lipinski definition) is 0. The Morgan fingerprint density at radius 2 is 1.86 bits per heavy atom. The molecule has 0 aliphatic rings. The van der Waals surface area contributed by atoms with Gasteiger partial charge in [0.2, 0.25) is 0 Å². The van der Waals surface area contributed by atoms with E-state index in [0.717, 1.165) is 26.1 Å². The van der Waals surface area contributed by atoms with E-state index in [1.807, 2.05) is 12.1 Å². The van der Waals surface area contributed by atoms with Gasteiger partial charge >= 0.3 is 59.5 Å². The molecule has 0 aliphatic carbocycles. The van der Waals surface area contributed by atoms with E-state index in [9.17, 15) is 0 Å². The van der Waals surface area contributed by atoms with Crippen molar-refractivity contribution in [3.63, 3.8) is 0 Å². The normalized spacial score (nSPS) is 8.86. The molecular weight excluding hydrogens is 273 g/mol. The Hall–Kier alpha value is 0.155. The fourth-order valence-corrected chi connectivity index (χ4v) is 1.34. The molecule has 0 bridgehead atoms. The van der Waals surface area contributed by atoms with Crippen LogP contribution in [0.4, 0.5) is 0 Å². The standard InChI is InChI=1S/C6H4.Hg/c1-2-4-6-5-3-1;/h1-2,5-6H;. The van der Waals surface area contributed by atoms with E-state index in [4.69, 9.17) is 0 Å². The van der Waals surface area contributed by atoms with Gasteiger partial charge in [-0.1, -0.05) is 0 Å². The number of benzene rings is 1. The van der Waals surface area contributed by atoms with Crippen LogP contribution < -0.4 is 3.07 Å². The van der Waals surface area contributed by atoms with Gasteiger partial charge in [-0.3, -0.25) is 0 Å². The average molecular weight is 277 g/mol. The SMILES string of the molecule is [Hg][c]1cc[c]cc1. The fourth-order valence-electron chi connectivity index (χ4n) is 0.421. The van der Waals surface area contributed by atoms with Crippen molar-refractivity contribution in [1.82, 2.24) is 0 Å². The van der Waals surface area contributed by atoms with Crippen molar-refractivity contribution in [1.29, 1.82) is 0 Å². The zero-order valence-electron chi connectivity index (χ0n) is 4.02. The van der Waals surface area contributed by atoms with E-state index in [2.05, 4.69) is 18.2 Å². The summed E-state index contributed by atoms with van der Waals surface area (Å²) < 4.78 is 1.48. The van der Waals surface area contributed by atoms with Crippen molar-refractivity contribution >= 4 is 3.07 Å². The summed E-state index contributed by atoms with van der Waals surface area (Å²) in [5.74, 6) is 0. The van der Waals surface area contributed by atoms with Crippen LogP contribution in [-0.4, -0.2) is 0 Å². The van der Waals surface area contributed by atoms with Gasteiger partial charge in [-0.05, 0) is 0 Å². The Labute approximate surface area is 59.5 Å². The molecule has 0 saturated carbocycles. The minimum absolute atomic E-state index is 0.790. The number of rotatable bonds is 0. The summed E-state index contributed by atoms with van der Waals surface area (Å²) in [7, 11) is 0. The molecule has 30 valence electrons. The first kappa shape index (κ1) is 5.29. The number of hydrogen-bond acceptors (Lipinski definition) is 0. The molecule has 1 aromatic rings. The second-order valence-corrected chi connectivity index (χ2v) is 4.58. The molecule has 0 heterocycles. The van der Waals surface area contributed by atoms with E-state index in [0.29, 0.717) is 0 Å². The minimum atomic E-state index is 0.790. The average Bonchev–Trinajstić information content (AvgIpc) is 1.69. The Morgan fingerprint density at radius 3 is 2.14 bits per heavy atom. The fraction of sp³-hybridized carbons (Fsp3) is 0.